The first kappa shape index (κ1) is 9.42. The lowest BCUT2D eigenvalue weighted by molar-refractivity contribution is 0.440. The predicted molar refractivity (Wildman–Crippen MR) is 58.7 cm³/mol. The lowest BCUT2D eigenvalue weighted by Crippen LogP contribution is -2.18. The van der Waals surface area contributed by atoms with Gasteiger partial charge in [0.1, 0.15) is 17.7 Å². The SMILES string of the molecule is NC1(c2nc(-c3cccc(O)c3)co2)CC1. The van der Waals surface area contributed by atoms with Crippen LogP contribution >= 0.6 is 0 Å². The summed E-state index contributed by atoms with van der Waals surface area (Å²) >= 11 is 0. The van der Waals surface area contributed by atoms with Gasteiger partial charge in [0.05, 0.1) is 5.54 Å². The first-order valence-corrected chi connectivity index (χ1v) is 5.22. The highest BCUT2D eigenvalue weighted by molar-refractivity contribution is 5.60. The van der Waals surface area contributed by atoms with E-state index in [1.807, 2.05) is 6.07 Å². The standard InChI is InChI=1S/C12H12N2O2/c13-12(4-5-12)11-14-10(7-16-11)8-2-1-3-9(15)6-8/h1-3,6-7,15H,4-5,13H2. The molecule has 82 valence electrons. The highest BCUT2D eigenvalue weighted by Gasteiger charge is 2.44. The molecule has 0 unspecified atom stereocenters. The van der Waals surface area contributed by atoms with Gasteiger partial charge < -0.3 is 15.3 Å². The van der Waals surface area contributed by atoms with Gasteiger partial charge in [-0.05, 0) is 25.0 Å². The number of benzene rings is 1. The van der Waals surface area contributed by atoms with Gasteiger partial charge in [-0.3, -0.25) is 0 Å². The Hall–Kier alpha value is -1.81. The summed E-state index contributed by atoms with van der Waals surface area (Å²) < 4.78 is 5.37. The van der Waals surface area contributed by atoms with Crippen LogP contribution in [0.1, 0.15) is 18.7 Å². The van der Waals surface area contributed by atoms with Crippen molar-refractivity contribution in [2.24, 2.45) is 5.73 Å². The van der Waals surface area contributed by atoms with Crippen molar-refractivity contribution in [2.75, 3.05) is 0 Å². The Bertz CT molecular complexity index is 529. The number of aromatic nitrogens is 1. The van der Waals surface area contributed by atoms with Crippen LogP contribution in [0.4, 0.5) is 0 Å². The average molecular weight is 216 g/mol. The number of hydrogen-bond acceptors (Lipinski definition) is 4. The number of aromatic hydroxyl groups is 1. The molecular weight excluding hydrogens is 204 g/mol. The van der Waals surface area contributed by atoms with Crippen molar-refractivity contribution in [3.8, 4) is 17.0 Å². The van der Waals surface area contributed by atoms with E-state index in [2.05, 4.69) is 4.98 Å². The highest BCUT2D eigenvalue weighted by atomic mass is 16.3. The molecule has 1 heterocycles. The molecule has 1 aromatic heterocycles. The lowest BCUT2D eigenvalue weighted by Gasteiger charge is -2.00. The Balaban J connectivity index is 1.98. The minimum absolute atomic E-state index is 0.218. The van der Waals surface area contributed by atoms with Crippen LogP contribution < -0.4 is 5.73 Å². The molecule has 4 nitrogen and oxygen atoms in total. The zero-order chi connectivity index (χ0) is 11.2. The second kappa shape index (κ2) is 3.09. The van der Waals surface area contributed by atoms with Crippen molar-refractivity contribution in [3.63, 3.8) is 0 Å². The molecule has 1 aliphatic rings. The second-order valence-corrected chi connectivity index (χ2v) is 4.24. The Labute approximate surface area is 92.7 Å². The van der Waals surface area contributed by atoms with Crippen LogP contribution in [0.2, 0.25) is 0 Å². The first-order valence-electron chi connectivity index (χ1n) is 5.22. The average Bonchev–Trinajstić information content (AvgIpc) is 2.83. The van der Waals surface area contributed by atoms with Gasteiger partial charge in [0.2, 0.25) is 5.89 Å². The molecule has 0 radical (unpaired) electrons. The zero-order valence-corrected chi connectivity index (χ0v) is 8.68. The number of nitrogens with zero attached hydrogens (tertiary/aromatic N) is 1. The van der Waals surface area contributed by atoms with Gasteiger partial charge in [0.15, 0.2) is 0 Å². The van der Waals surface area contributed by atoms with Gasteiger partial charge in [-0.25, -0.2) is 4.98 Å². The maximum absolute atomic E-state index is 9.37. The number of hydrogen-bond donors (Lipinski definition) is 2. The zero-order valence-electron chi connectivity index (χ0n) is 8.68. The smallest absolute Gasteiger partial charge is 0.214 e. The van der Waals surface area contributed by atoms with Crippen LogP contribution in [-0.4, -0.2) is 10.1 Å². The molecule has 0 atom stereocenters. The summed E-state index contributed by atoms with van der Waals surface area (Å²) in [4.78, 5) is 4.35. The van der Waals surface area contributed by atoms with Crippen LogP contribution in [0.3, 0.4) is 0 Å². The van der Waals surface area contributed by atoms with E-state index in [1.165, 1.54) is 0 Å². The Kier molecular flexibility index (Phi) is 1.82. The third kappa shape index (κ3) is 1.47. The lowest BCUT2D eigenvalue weighted by atomic mass is 10.1. The topological polar surface area (TPSA) is 72.3 Å². The van der Waals surface area contributed by atoms with E-state index in [-0.39, 0.29) is 11.3 Å². The fourth-order valence-electron chi connectivity index (χ4n) is 1.65. The summed E-state index contributed by atoms with van der Waals surface area (Å²) in [5.41, 5.74) is 7.17. The van der Waals surface area contributed by atoms with Gasteiger partial charge in [-0.15, -0.1) is 0 Å². The molecule has 0 saturated heterocycles. The monoisotopic (exact) mass is 216 g/mol. The molecule has 0 amide bonds. The van der Waals surface area contributed by atoms with E-state index in [9.17, 15) is 5.11 Å². The summed E-state index contributed by atoms with van der Waals surface area (Å²) in [6, 6.07) is 6.92. The summed E-state index contributed by atoms with van der Waals surface area (Å²) in [7, 11) is 0. The van der Waals surface area contributed by atoms with Crippen molar-refractivity contribution in [1.29, 1.82) is 0 Å². The van der Waals surface area contributed by atoms with Crippen LogP contribution in [0.5, 0.6) is 5.75 Å². The van der Waals surface area contributed by atoms with Crippen LogP contribution in [-0.2, 0) is 5.54 Å². The van der Waals surface area contributed by atoms with Gasteiger partial charge in [-0.2, -0.15) is 0 Å². The molecule has 0 bridgehead atoms. The first-order chi connectivity index (χ1) is 7.67. The van der Waals surface area contributed by atoms with Crippen LogP contribution in [0.25, 0.3) is 11.3 Å². The molecule has 3 rings (SSSR count). The second-order valence-electron chi connectivity index (χ2n) is 4.24. The Morgan fingerprint density at radius 1 is 1.38 bits per heavy atom. The molecule has 16 heavy (non-hydrogen) atoms. The van der Waals surface area contributed by atoms with E-state index in [0.717, 1.165) is 18.4 Å². The number of rotatable bonds is 2. The molecule has 0 aliphatic heterocycles. The molecule has 2 aromatic rings. The summed E-state index contributed by atoms with van der Waals surface area (Å²) in [6.45, 7) is 0. The van der Waals surface area contributed by atoms with Crippen LogP contribution in [0, 0.1) is 0 Å². The molecule has 1 aliphatic carbocycles. The van der Waals surface area contributed by atoms with Gasteiger partial charge >= 0.3 is 0 Å². The molecule has 1 aromatic carbocycles. The maximum Gasteiger partial charge on any atom is 0.214 e. The number of oxazole rings is 1. The van der Waals surface area contributed by atoms with E-state index >= 15 is 0 Å². The fourth-order valence-corrected chi connectivity index (χ4v) is 1.65. The van der Waals surface area contributed by atoms with E-state index < -0.39 is 0 Å². The van der Waals surface area contributed by atoms with Gasteiger partial charge in [-0.1, -0.05) is 12.1 Å². The minimum atomic E-state index is -0.352. The van der Waals surface area contributed by atoms with Crippen molar-refractivity contribution in [1.82, 2.24) is 4.98 Å². The van der Waals surface area contributed by atoms with E-state index in [1.54, 1.807) is 24.5 Å². The fraction of sp³-hybridized carbons (Fsp3) is 0.250. The van der Waals surface area contributed by atoms with Crippen molar-refractivity contribution in [2.45, 2.75) is 18.4 Å². The third-order valence-corrected chi connectivity index (χ3v) is 2.86. The normalized spacial score (nSPS) is 17.3. The molecule has 0 spiro atoms. The molecule has 1 saturated carbocycles. The molecular formula is C12H12N2O2. The molecule has 1 fully saturated rings. The highest BCUT2D eigenvalue weighted by Crippen LogP contribution is 2.42. The van der Waals surface area contributed by atoms with Crippen molar-refractivity contribution < 1.29 is 9.52 Å². The number of phenols is 1. The summed E-state index contributed by atoms with van der Waals surface area (Å²) in [5, 5.41) is 9.37. The third-order valence-electron chi connectivity index (χ3n) is 2.86. The van der Waals surface area contributed by atoms with E-state index in [4.69, 9.17) is 10.2 Å². The van der Waals surface area contributed by atoms with Crippen LogP contribution in [0.15, 0.2) is 34.9 Å². The maximum atomic E-state index is 9.37. The van der Waals surface area contributed by atoms with Crippen molar-refractivity contribution in [3.05, 3.63) is 36.4 Å². The Morgan fingerprint density at radius 2 is 2.19 bits per heavy atom. The molecule has 3 N–H and O–H groups in total. The van der Waals surface area contributed by atoms with E-state index in [0.29, 0.717) is 11.6 Å². The largest absolute Gasteiger partial charge is 0.508 e. The Morgan fingerprint density at radius 3 is 2.88 bits per heavy atom. The van der Waals surface area contributed by atoms with Crippen molar-refractivity contribution >= 4 is 0 Å². The minimum Gasteiger partial charge on any atom is -0.508 e. The molecule has 4 heteroatoms. The quantitative estimate of drug-likeness (QED) is 0.805. The summed E-state index contributed by atoms with van der Waals surface area (Å²) in [6.07, 6.45) is 3.43. The summed E-state index contributed by atoms with van der Waals surface area (Å²) in [5.74, 6) is 0.807. The number of phenolic OH excluding ortho intramolecular Hbond substituents is 1. The predicted octanol–water partition coefficient (Wildman–Crippen LogP) is 2.00. The van der Waals surface area contributed by atoms with Gasteiger partial charge in [0.25, 0.3) is 0 Å². The van der Waals surface area contributed by atoms with Gasteiger partial charge in [0, 0.05) is 5.56 Å². The number of nitrogens with two attached hydrogens (primary N) is 1.